The van der Waals surface area contributed by atoms with Crippen LogP contribution in [0.1, 0.15) is 16.1 Å². The molecule has 0 saturated carbocycles. The van der Waals surface area contributed by atoms with Crippen LogP contribution in [-0.4, -0.2) is 23.3 Å². The lowest BCUT2D eigenvalue weighted by atomic mass is 10.0. The lowest BCUT2D eigenvalue weighted by molar-refractivity contribution is -0.136. The monoisotopic (exact) mass is 367 g/mol. The second kappa shape index (κ2) is 7.84. The number of rotatable bonds is 5. The fourth-order valence-corrected chi connectivity index (χ4v) is 3.06. The van der Waals surface area contributed by atoms with E-state index in [9.17, 15) is 9.59 Å². The molecule has 0 spiro atoms. The Kier molecular flexibility index (Phi) is 4.93. The van der Waals surface area contributed by atoms with Gasteiger partial charge >= 0.3 is 5.97 Å². The molecule has 0 fully saturated rings. The molecule has 0 radical (unpaired) electrons. The molecule has 4 heteroatoms. The number of para-hydroxylation sites is 1. The maximum absolute atomic E-state index is 12.5. The highest BCUT2D eigenvalue weighted by molar-refractivity contribution is 6.09. The number of aromatic nitrogens is 1. The summed E-state index contributed by atoms with van der Waals surface area (Å²) < 4.78 is 5.11. The van der Waals surface area contributed by atoms with Gasteiger partial charge in [0.15, 0.2) is 6.61 Å². The molecule has 4 nitrogen and oxygen atoms in total. The number of carbonyl (C=O) groups excluding carboxylic acids is 2. The third kappa shape index (κ3) is 3.81. The lowest BCUT2D eigenvalue weighted by Gasteiger charge is -2.06. The maximum atomic E-state index is 12.5. The van der Waals surface area contributed by atoms with Crippen molar-refractivity contribution in [1.29, 1.82) is 0 Å². The largest absolute Gasteiger partial charge is 0.454 e. The topological polar surface area (TPSA) is 56.3 Å². The van der Waals surface area contributed by atoms with E-state index in [2.05, 4.69) is 4.98 Å². The Balaban J connectivity index is 1.42. The van der Waals surface area contributed by atoms with Crippen LogP contribution in [0.3, 0.4) is 0 Å². The van der Waals surface area contributed by atoms with Gasteiger partial charge in [-0.3, -0.25) is 4.79 Å². The van der Waals surface area contributed by atoms with Gasteiger partial charge in [-0.1, -0.05) is 66.7 Å². The third-order valence-electron chi connectivity index (χ3n) is 4.45. The second-order valence-electron chi connectivity index (χ2n) is 6.32. The zero-order valence-corrected chi connectivity index (χ0v) is 15.0. The first kappa shape index (κ1) is 17.6. The predicted octanol–water partition coefficient (Wildman–Crippen LogP) is 4.83. The Bertz CT molecular complexity index is 1210. The Morgan fingerprint density at radius 3 is 2.46 bits per heavy atom. The summed E-state index contributed by atoms with van der Waals surface area (Å²) in [6.45, 7) is -0.303. The number of hydrogen-bond donors (Lipinski definition) is 0. The van der Waals surface area contributed by atoms with Crippen LogP contribution in [0.15, 0.2) is 84.9 Å². The van der Waals surface area contributed by atoms with E-state index in [1.807, 2.05) is 72.8 Å². The van der Waals surface area contributed by atoms with E-state index in [4.69, 9.17) is 4.74 Å². The van der Waals surface area contributed by atoms with Crippen LogP contribution in [0.4, 0.5) is 0 Å². The molecule has 4 aromatic rings. The highest BCUT2D eigenvalue weighted by atomic mass is 16.5. The van der Waals surface area contributed by atoms with Gasteiger partial charge in [0.1, 0.15) is 0 Å². The number of Topliss-reactive ketones (excluding diaryl/α,β-unsaturated/α-hetero) is 1. The van der Waals surface area contributed by atoms with Crippen LogP contribution in [0.2, 0.25) is 0 Å². The van der Waals surface area contributed by atoms with E-state index in [1.165, 1.54) is 6.08 Å². The molecule has 0 amide bonds. The maximum Gasteiger partial charge on any atom is 0.331 e. The first-order chi connectivity index (χ1) is 13.7. The fourth-order valence-electron chi connectivity index (χ4n) is 3.06. The first-order valence-electron chi connectivity index (χ1n) is 8.92. The summed E-state index contributed by atoms with van der Waals surface area (Å²) in [5.74, 6) is -0.814. The smallest absolute Gasteiger partial charge is 0.331 e. The number of ketones is 1. The molecular weight excluding hydrogens is 350 g/mol. The molecule has 0 atom stereocenters. The van der Waals surface area contributed by atoms with Crippen molar-refractivity contribution in [3.63, 3.8) is 0 Å². The third-order valence-corrected chi connectivity index (χ3v) is 4.45. The van der Waals surface area contributed by atoms with Gasteiger partial charge in [0, 0.05) is 17.0 Å². The number of benzene rings is 3. The number of esters is 1. The molecule has 0 bridgehead atoms. The Morgan fingerprint density at radius 1 is 0.821 bits per heavy atom. The Morgan fingerprint density at radius 2 is 1.57 bits per heavy atom. The minimum Gasteiger partial charge on any atom is -0.454 e. The highest BCUT2D eigenvalue weighted by Crippen LogP contribution is 2.19. The number of fused-ring (bicyclic) bond motifs is 2. The SMILES string of the molecule is O=C(/C=C/c1ccc2ccccc2n1)OCC(=O)c1cccc2ccccc12. The van der Waals surface area contributed by atoms with Crippen molar-refractivity contribution >= 4 is 39.5 Å². The summed E-state index contributed by atoms with van der Waals surface area (Å²) in [6.07, 6.45) is 2.87. The molecule has 0 unspecified atom stereocenters. The van der Waals surface area contributed by atoms with E-state index in [0.29, 0.717) is 11.3 Å². The van der Waals surface area contributed by atoms with Gasteiger partial charge in [0.05, 0.1) is 11.2 Å². The molecule has 0 aliphatic heterocycles. The summed E-state index contributed by atoms with van der Waals surface area (Å²) in [6, 6.07) is 24.6. The van der Waals surface area contributed by atoms with Gasteiger partial charge in [-0.05, 0) is 29.0 Å². The van der Waals surface area contributed by atoms with Crippen LogP contribution in [0.5, 0.6) is 0 Å². The van der Waals surface area contributed by atoms with Gasteiger partial charge < -0.3 is 4.74 Å². The molecule has 0 saturated heterocycles. The molecule has 4 rings (SSSR count). The van der Waals surface area contributed by atoms with Crippen LogP contribution in [0, 0.1) is 0 Å². The molecule has 3 aromatic carbocycles. The Labute approximate surface area is 162 Å². The van der Waals surface area contributed by atoms with Gasteiger partial charge in [-0.25, -0.2) is 9.78 Å². The van der Waals surface area contributed by atoms with E-state index < -0.39 is 5.97 Å². The standard InChI is InChI=1S/C24H17NO3/c26-23(21-10-5-8-17-6-1-3-9-20(17)21)16-28-24(27)15-14-19-13-12-18-7-2-4-11-22(18)25-19/h1-15H,16H2/b15-14+. The van der Waals surface area contributed by atoms with Crippen molar-refractivity contribution in [1.82, 2.24) is 4.98 Å². The normalized spacial score (nSPS) is 11.1. The lowest BCUT2D eigenvalue weighted by Crippen LogP contribution is -2.12. The number of carbonyl (C=O) groups is 2. The molecule has 1 heterocycles. The Hall–Kier alpha value is -3.79. The van der Waals surface area contributed by atoms with Gasteiger partial charge in [-0.15, -0.1) is 0 Å². The zero-order chi connectivity index (χ0) is 19.3. The first-order valence-corrected chi connectivity index (χ1v) is 8.92. The van der Waals surface area contributed by atoms with Crippen molar-refractivity contribution in [2.75, 3.05) is 6.61 Å². The van der Waals surface area contributed by atoms with Crippen molar-refractivity contribution in [3.8, 4) is 0 Å². The summed E-state index contributed by atoms with van der Waals surface area (Å²) in [5, 5.41) is 2.85. The molecule has 28 heavy (non-hydrogen) atoms. The number of nitrogens with zero attached hydrogens (tertiary/aromatic N) is 1. The summed E-state index contributed by atoms with van der Waals surface area (Å²) >= 11 is 0. The number of pyridine rings is 1. The molecule has 136 valence electrons. The average Bonchev–Trinajstić information content (AvgIpc) is 2.75. The highest BCUT2D eigenvalue weighted by Gasteiger charge is 2.11. The van der Waals surface area contributed by atoms with Crippen LogP contribution in [0.25, 0.3) is 27.8 Å². The van der Waals surface area contributed by atoms with Gasteiger partial charge in [0.2, 0.25) is 5.78 Å². The zero-order valence-electron chi connectivity index (χ0n) is 15.0. The predicted molar refractivity (Wildman–Crippen MR) is 110 cm³/mol. The summed E-state index contributed by atoms with van der Waals surface area (Å²) in [5.41, 5.74) is 2.05. The van der Waals surface area contributed by atoms with E-state index in [-0.39, 0.29) is 12.4 Å². The molecule has 0 aliphatic carbocycles. The summed E-state index contributed by atoms with van der Waals surface area (Å²) in [7, 11) is 0. The van der Waals surface area contributed by atoms with E-state index >= 15 is 0 Å². The van der Waals surface area contributed by atoms with Crippen molar-refractivity contribution in [3.05, 3.63) is 96.2 Å². The number of hydrogen-bond acceptors (Lipinski definition) is 4. The van der Waals surface area contributed by atoms with E-state index in [1.54, 1.807) is 12.1 Å². The summed E-state index contributed by atoms with van der Waals surface area (Å²) in [4.78, 5) is 28.9. The quantitative estimate of drug-likeness (QED) is 0.288. The van der Waals surface area contributed by atoms with Crippen molar-refractivity contribution < 1.29 is 14.3 Å². The fraction of sp³-hybridized carbons (Fsp3) is 0.0417. The van der Waals surface area contributed by atoms with Gasteiger partial charge in [-0.2, -0.15) is 0 Å². The molecular formula is C24H17NO3. The van der Waals surface area contributed by atoms with Crippen LogP contribution in [-0.2, 0) is 9.53 Å². The molecule has 0 N–H and O–H groups in total. The second-order valence-corrected chi connectivity index (χ2v) is 6.32. The van der Waals surface area contributed by atoms with Crippen molar-refractivity contribution in [2.45, 2.75) is 0 Å². The minimum absolute atomic E-state index is 0.234. The van der Waals surface area contributed by atoms with Crippen LogP contribution >= 0.6 is 0 Å². The van der Waals surface area contributed by atoms with Crippen LogP contribution < -0.4 is 0 Å². The average molecular weight is 367 g/mol. The van der Waals surface area contributed by atoms with Gasteiger partial charge in [0.25, 0.3) is 0 Å². The molecule has 1 aromatic heterocycles. The van der Waals surface area contributed by atoms with Crippen molar-refractivity contribution in [2.24, 2.45) is 0 Å². The molecule has 0 aliphatic rings. The minimum atomic E-state index is -0.580. The number of ether oxygens (including phenoxy) is 1. The van der Waals surface area contributed by atoms with E-state index in [0.717, 1.165) is 21.7 Å².